The van der Waals surface area contributed by atoms with E-state index in [4.69, 9.17) is 0 Å². The number of alkyl halides is 1. The maximum absolute atomic E-state index is 11.9. The summed E-state index contributed by atoms with van der Waals surface area (Å²) < 4.78 is 47.1. The molecular weight excluding hydrogens is 330 g/mol. The monoisotopic (exact) mass is 349 g/mol. The highest BCUT2D eigenvalue weighted by Crippen LogP contribution is 2.06. The van der Waals surface area contributed by atoms with Gasteiger partial charge in [-0.3, -0.25) is 0 Å². The van der Waals surface area contributed by atoms with E-state index in [-0.39, 0.29) is 11.5 Å². The Morgan fingerprint density at radius 1 is 1.06 bits per heavy atom. The van der Waals surface area contributed by atoms with Gasteiger partial charge in [-0.1, -0.05) is 29.3 Å². The number of hydrogen-bond acceptors (Lipinski definition) is 4. The predicted molar refractivity (Wildman–Crippen MR) is 73.8 cm³/mol. The molecule has 0 aliphatic carbocycles. The second-order valence-corrected chi connectivity index (χ2v) is 9.03. The molecule has 0 bridgehead atoms. The SMILES string of the molecule is CCCCN(CCBr)S(=O)(=O)CCS(C)(=O)=O. The number of sulfone groups is 1. The maximum Gasteiger partial charge on any atom is 0.215 e. The number of hydrogen-bond donors (Lipinski definition) is 0. The lowest BCUT2D eigenvalue weighted by Gasteiger charge is -2.20. The van der Waals surface area contributed by atoms with Crippen LogP contribution in [0.3, 0.4) is 0 Å². The van der Waals surface area contributed by atoms with Crippen LogP contribution < -0.4 is 0 Å². The first-order chi connectivity index (χ1) is 7.73. The zero-order valence-corrected chi connectivity index (χ0v) is 13.4. The van der Waals surface area contributed by atoms with Crippen molar-refractivity contribution in [3.8, 4) is 0 Å². The van der Waals surface area contributed by atoms with Gasteiger partial charge in [-0.2, -0.15) is 0 Å². The molecule has 0 rings (SSSR count). The standard InChI is InChI=1S/C9H20BrNO4S2/c1-3-4-6-11(7-5-10)17(14,15)9-8-16(2,12)13/h3-9H2,1-2H3. The van der Waals surface area contributed by atoms with Gasteiger partial charge in [-0.05, 0) is 6.42 Å². The van der Waals surface area contributed by atoms with Crippen molar-refractivity contribution in [1.82, 2.24) is 4.31 Å². The van der Waals surface area contributed by atoms with Crippen molar-refractivity contribution in [2.24, 2.45) is 0 Å². The van der Waals surface area contributed by atoms with E-state index >= 15 is 0 Å². The fourth-order valence-corrected chi connectivity index (χ4v) is 4.96. The molecule has 0 spiro atoms. The second-order valence-electron chi connectivity index (χ2n) is 3.89. The summed E-state index contributed by atoms with van der Waals surface area (Å²) in [6.45, 7) is 2.82. The molecule has 0 saturated carbocycles. The molecule has 0 N–H and O–H groups in total. The van der Waals surface area contributed by atoms with Crippen LogP contribution in [0.2, 0.25) is 0 Å². The third-order valence-corrected chi connectivity index (χ3v) is 5.63. The van der Waals surface area contributed by atoms with E-state index < -0.39 is 19.9 Å². The number of unbranched alkanes of at least 4 members (excludes halogenated alkanes) is 1. The quantitative estimate of drug-likeness (QED) is 0.578. The van der Waals surface area contributed by atoms with Crippen molar-refractivity contribution in [3.63, 3.8) is 0 Å². The highest BCUT2D eigenvalue weighted by atomic mass is 79.9. The van der Waals surface area contributed by atoms with Crippen molar-refractivity contribution in [3.05, 3.63) is 0 Å². The van der Waals surface area contributed by atoms with Crippen LogP contribution in [0.1, 0.15) is 19.8 Å². The summed E-state index contributed by atoms with van der Waals surface area (Å²) in [7, 11) is -6.71. The zero-order valence-electron chi connectivity index (χ0n) is 10.2. The van der Waals surface area contributed by atoms with Crippen molar-refractivity contribution in [2.45, 2.75) is 19.8 Å². The van der Waals surface area contributed by atoms with Crippen molar-refractivity contribution in [1.29, 1.82) is 0 Å². The van der Waals surface area contributed by atoms with Crippen molar-refractivity contribution >= 4 is 35.8 Å². The van der Waals surface area contributed by atoms with Crippen LogP contribution in [0.15, 0.2) is 0 Å². The smallest absolute Gasteiger partial charge is 0.215 e. The Labute approximate surface area is 113 Å². The topological polar surface area (TPSA) is 71.5 Å². The molecule has 17 heavy (non-hydrogen) atoms. The molecule has 8 heteroatoms. The van der Waals surface area contributed by atoms with E-state index in [1.165, 1.54) is 4.31 Å². The van der Waals surface area contributed by atoms with E-state index in [1.54, 1.807) is 0 Å². The fourth-order valence-electron chi connectivity index (χ4n) is 1.20. The molecule has 0 unspecified atom stereocenters. The van der Waals surface area contributed by atoms with E-state index in [0.29, 0.717) is 18.4 Å². The van der Waals surface area contributed by atoms with Gasteiger partial charge in [0.1, 0.15) is 9.84 Å². The minimum absolute atomic E-state index is 0.319. The Morgan fingerprint density at radius 2 is 1.65 bits per heavy atom. The first kappa shape index (κ1) is 17.3. The Kier molecular flexibility index (Phi) is 7.86. The molecular formula is C9H20BrNO4S2. The molecule has 0 aromatic carbocycles. The molecule has 0 saturated heterocycles. The molecule has 0 aliphatic heterocycles. The largest absolute Gasteiger partial charge is 0.229 e. The van der Waals surface area contributed by atoms with Crippen LogP contribution in [0.5, 0.6) is 0 Å². The Morgan fingerprint density at radius 3 is 2.06 bits per heavy atom. The van der Waals surface area contributed by atoms with Crippen LogP contribution in [-0.4, -0.2) is 57.3 Å². The van der Waals surface area contributed by atoms with Crippen LogP contribution in [0.4, 0.5) is 0 Å². The van der Waals surface area contributed by atoms with Crippen LogP contribution in [0.25, 0.3) is 0 Å². The van der Waals surface area contributed by atoms with Gasteiger partial charge in [-0.25, -0.2) is 21.1 Å². The Balaban J connectivity index is 4.59. The Bertz CT molecular complexity index is 405. The number of sulfonamides is 1. The van der Waals surface area contributed by atoms with Gasteiger partial charge in [0.15, 0.2) is 0 Å². The van der Waals surface area contributed by atoms with E-state index in [0.717, 1.165) is 19.1 Å². The number of nitrogens with zero attached hydrogens (tertiary/aromatic N) is 1. The van der Waals surface area contributed by atoms with Gasteiger partial charge in [0.25, 0.3) is 0 Å². The summed E-state index contributed by atoms with van der Waals surface area (Å²) in [6, 6.07) is 0. The average molecular weight is 350 g/mol. The van der Waals surface area contributed by atoms with Crippen molar-refractivity contribution in [2.75, 3.05) is 36.2 Å². The van der Waals surface area contributed by atoms with E-state index in [1.807, 2.05) is 6.92 Å². The summed E-state index contributed by atoms with van der Waals surface area (Å²) >= 11 is 3.20. The van der Waals surface area contributed by atoms with E-state index in [2.05, 4.69) is 15.9 Å². The first-order valence-corrected chi connectivity index (χ1v) is 10.2. The summed E-state index contributed by atoms with van der Waals surface area (Å²) in [6.07, 6.45) is 2.73. The third-order valence-electron chi connectivity index (χ3n) is 2.20. The van der Waals surface area contributed by atoms with Gasteiger partial charge in [0.05, 0.1) is 11.5 Å². The molecule has 0 atom stereocenters. The highest BCUT2D eigenvalue weighted by molar-refractivity contribution is 9.09. The Hall–Kier alpha value is 0.340. The molecule has 0 fully saturated rings. The molecule has 0 amide bonds. The lowest BCUT2D eigenvalue weighted by molar-refractivity contribution is 0.422. The molecule has 0 heterocycles. The molecule has 0 aromatic rings. The summed E-state index contributed by atoms with van der Waals surface area (Å²) in [4.78, 5) is 0. The summed E-state index contributed by atoms with van der Waals surface area (Å²) in [5.74, 6) is -0.650. The second kappa shape index (κ2) is 7.70. The summed E-state index contributed by atoms with van der Waals surface area (Å²) in [5, 5.41) is 0.550. The van der Waals surface area contributed by atoms with Crippen molar-refractivity contribution < 1.29 is 16.8 Å². The zero-order chi connectivity index (χ0) is 13.5. The highest BCUT2D eigenvalue weighted by Gasteiger charge is 2.22. The van der Waals surface area contributed by atoms with Gasteiger partial charge in [0.2, 0.25) is 10.0 Å². The molecule has 0 aromatic heterocycles. The predicted octanol–water partition coefficient (Wildman–Crippen LogP) is 0.858. The number of rotatable bonds is 9. The fraction of sp³-hybridized carbons (Fsp3) is 1.00. The lowest BCUT2D eigenvalue weighted by Crippen LogP contribution is -2.37. The molecule has 5 nitrogen and oxygen atoms in total. The summed E-state index contributed by atoms with van der Waals surface area (Å²) in [5.41, 5.74) is 0. The molecule has 0 aliphatic rings. The number of halogens is 1. The minimum Gasteiger partial charge on any atom is -0.229 e. The van der Waals surface area contributed by atoms with Gasteiger partial charge in [0, 0.05) is 24.7 Å². The molecule has 104 valence electrons. The lowest BCUT2D eigenvalue weighted by atomic mass is 10.3. The van der Waals surface area contributed by atoms with Gasteiger partial charge in [-0.15, -0.1) is 0 Å². The van der Waals surface area contributed by atoms with Gasteiger partial charge >= 0.3 is 0 Å². The minimum atomic E-state index is -3.47. The van der Waals surface area contributed by atoms with Crippen LogP contribution in [0, 0.1) is 0 Å². The maximum atomic E-state index is 11.9. The normalized spacial score (nSPS) is 13.2. The van der Waals surface area contributed by atoms with Gasteiger partial charge < -0.3 is 0 Å². The van der Waals surface area contributed by atoms with Crippen LogP contribution in [-0.2, 0) is 19.9 Å². The first-order valence-electron chi connectivity index (χ1n) is 5.44. The van der Waals surface area contributed by atoms with Crippen LogP contribution >= 0.6 is 15.9 Å². The third kappa shape index (κ3) is 8.12. The molecule has 0 radical (unpaired) electrons. The van der Waals surface area contributed by atoms with E-state index in [9.17, 15) is 16.8 Å². The average Bonchev–Trinajstić information content (AvgIpc) is 2.20.